The normalized spacial score (nSPS) is 11.2. The molecule has 0 unspecified atom stereocenters. The van der Waals surface area contributed by atoms with Gasteiger partial charge in [0.05, 0.1) is 6.61 Å². The average Bonchev–Trinajstić information content (AvgIpc) is 2.59. The van der Waals surface area contributed by atoms with Crippen molar-refractivity contribution in [3.05, 3.63) is 0 Å². The Morgan fingerprint density at radius 1 is 0.640 bits per heavy atom. The van der Waals surface area contributed by atoms with E-state index in [9.17, 15) is 4.79 Å². The van der Waals surface area contributed by atoms with E-state index in [0.29, 0.717) is 18.9 Å². The van der Waals surface area contributed by atoms with Crippen LogP contribution in [0.4, 0.5) is 0 Å². The Kier molecular flexibility index (Phi) is 19.4. The summed E-state index contributed by atoms with van der Waals surface area (Å²) in [5, 5.41) is 0. The number of unbranched alkanes of at least 4 members (excludes halogenated alkanes) is 15. The Labute approximate surface area is 158 Å². The largest absolute Gasteiger partial charge is 0.465 e. The maximum atomic E-state index is 11.5. The molecule has 2 nitrogen and oxygen atoms in total. The first-order valence-corrected chi connectivity index (χ1v) is 11.3. The van der Waals surface area contributed by atoms with Gasteiger partial charge in [0.2, 0.25) is 0 Å². The predicted octanol–water partition coefficient (Wildman–Crippen LogP) is 7.84. The minimum atomic E-state index is -0.0148. The number of rotatable bonds is 19. The van der Waals surface area contributed by atoms with Crippen molar-refractivity contribution in [3.63, 3.8) is 0 Å². The van der Waals surface area contributed by atoms with Gasteiger partial charge in [0.25, 0.3) is 0 Å². The van der Waals surface area contributed by atoms with Crippen molar-refractivity contribution >= 4 is 5.97 Å². The van der Waals surface area contributed by atoms with Crippen LogP contribution in [0, 0.1) is 5.92 Å². The summed E-state index contributed by atoms with van der Waals surface area (Å²) in [4.78, 5) is 11.5. The Hall–Kier alpha value is -0.530. The fourth-order valence-electron chi connectivity index (χ4n) is 3.15. The van der Waals surface area contributed by atoms with Crippen LogP contribution in [0.5, 0.6) is 0 Å². The molecule has 0 N–H and O–H groups in total. The van der Waals surface area contributed by atoms with Gasteiger partial charge in [-0.2, -0.15) is 0 Å². The molecule has 0 atom stereocenters. The van der Waals surface area contributed by atoms with Crippen LogP contribution >= 0.6 is 0 Å². The molecular formula is C23H46O2. The van der Waals surface area contributed by atoms with Gasteiger partial charge in [-0.05, 0) is 12.3 Å². The third-order valence-corrected chi connectivity index (χ3v) is 4.81. The molecule has 25 heavy (non-hydrogen) atoms. The Bertz CT molecular complexity index is 273. The highest BCUT2D eigenvalue weighted by molar-refractivity contribution is 5.69. The lowest BCUT2D eigenvalue weighted by atomic mass is 10.0. The first-order chi connectivity index (χ1) is 12.2. The van der Waals surface area contributed by atoms with Gasteiger partial charge in [0, 0.05) is 6.42 Å². The van der Waals surface area contributed by atoms with E-state index in [1.807, 2.05) is 0 Å². The highest BCUT2D eigenvalue weighted by Crippen LogP contribution is 2.14. The monoisotopic (exact) mass is 354 g/mol. The zero-order valence-corrected chi connectivity index (χ0v) is 17.6. The molecule has 0 aliphatic heterocycles. The summed E-state index contributed by atoms with van der Waals surface area (Å²) in [5.41, 5.74) is 0. The minimum absolute atomic E-state index is 0.0148. The highest BCUT2D eigenvalue weighted by atomic mass is 16.5. The number of ether oxygens (including phenoxy) is 1. The van der Waals surface area contributed by atoms with Gasteiger partial charge in [0.15, 0.2) is 0 Å². The van der Waals surface area contributed by atoms with Crippen molar-refractivity contribution in [3.8, 4) is 0 Å². The van der Waals surface area contributed by atoms with Crippen LogP contribution in [-0.2, 0) is 9.53 Å². The number of hydrogen-bond donors (Lipinski definition) is 0. The van der Waals surface area contributed by atoms with Crippen molar-refractivity contribution in [2.45, 2.75) is 130 Å². The predicted molar refractivity (Wildman–Crippen MR) is 110 cm³/mol. The van der Waals surface area contributed by atoms with Crippen LogP contribution in [0.2, 0.25) is 0 Å². The Balaban J connectivity index is 3.08. The summed E-state index contributed by atoms with van der Waals surface area (Å²) < 4.78 is 5.19. The zero-order chi connectivity index (χ0) is 18.6. The first-order valence-electron chi connectivity index (χ1n) is 11.3. The topological polar surface area (TPSA) is 26.3 Å². The van der Waals surface area contributed by atoms with E-state index in [0.717, 1.165) is 6.42 Å². The Morgan fingerprint density at radius 3 is 1.36 bits per heavy atom. The molecule has 0 bridgehead atoms. The van der Waals surface area contributed by atoms with E-state index in [1.165, 1.54) is 96.3 Å². The van der Waals surface area contributed by atoms with Crippen LogP contribution < -0.4 is 0 Å². The number of carbonyl (C=O) groups is 1. The van der Waals surface area contributed by atoms with Crippen molar-refractivity contribution in [1.29, 1.82) is 0 Å². The molecule has 0 heterocycles. The lowest BCUT2D eigenvalue weighted by Gasteiger charge is -2.07. The molecule has 0 spiro atoms. The van der Waals surface area contributed by atoms with E-state index in [-0.39, 0.29) is 5.97 Å². The maximum Gasteiger partial charge on any atom is 0.305 e. The summed E-state index contributed by atoms with van der Waals surface area (Å²) in [6.07, 6.45) is 22.4. The van der Waals surface area contributed by atoms with Gasteiger partial charge in [-0.15, -0.1) is 0 Å². The summed E-state index contributed by atoms with van der Waals surface area (Å²) in [5.74, 6) is 0.425. The highest BCUT2D eigenvalue weighted by Gasteiger charge is 2.03. The molecular weight excluding hydrogens is 308 g/mol. The summed E-state index contributed by atoms with van der Waals surface area (Å²) in [6.45, 7) is 6.99. The number of hydrogen-bond acceptors (Lipinski definition) is 2. The Morgan fingerprint density at radius 2 is 1.00 bits per heavy atom. The van der Waals surface area contributed by atoms with Gasteiger partial charge >= 0.3 is 5.97 Å². The molecule has 0 radical (unpaired) electrons. The standard InChI is InChI=1S/C23H46O2/c1-4-5-6-7-8-9-10-11-12-13-14-15-16-17-18-19-20-23(24)25-21-22(2)3/h22H,4-21H2,1-3H3. The molecule has 0 aromatic heterocycles. The van der Waals surface area contributed by atoms with Gasteiger partial charge in [0.1, 0.15) is 0 Å². The lowest BCUT2D eigenvalue weighted by molar-refractivity contribution is -0.144. The van der Waals surface area contributed by atoms with Gasteiger partial charge in [-0.1, -0.05) is 117 Å². The SMILES string of the molecule is CCCCCCCCCCCCCCCCCCC(=O)OCC(C)C. The van der Waals surface area contributed by atoms with Crippen molar-refractivity contribution in [1.82, 2.24) is 0 Å². The molecule has 0 aliphatic rings. The van der Waals surface area contributed by atoms with Crippen molar-refractivity contribution < 1.29 is 9.53 Å². The van der Waals surface area contributed by atoms with E-state index >= 15 is 0 Å². The second-order valence-electron chi connectivity index (χ2n) is 8.13. The maximum absolute atomic E-state index is 11.5. The number of carbonyl (C=O) groups excluding carboxylic acids is 1. The third-order valence-electron chi connectivity index (χ3n) is 4.81. The number of esters is 1. The average molecular weight is 355 g/mol. The van der Waals surface area contributed by atoms with Gasteiger partial charge < -0.3 is 4.74 Å². The summed E-state index contributed by atoms with van der Waals surface area (Å²) in [7, 11) is 0. The van der Waals surface area contributed by atoms with E-state index in [4.69, 9.17) is 4.74 Å². The van der Waals surface area contributed by atoms with Gasteiger partial charge in [-0.25, -0.2) is 0 Å². The van der Waals surface area contributed by atoms with E-state index < -0.39 is 0 Å². The fraction of sp³-hybridized carbons (Fsp3) is 0.957. The van der Waals surface area contributed by atoms with Crippen LogP contribution in [0.1, 0.15) is 130 Å². The molecule has 0 saturated carbocycles. The molecule has 2 heteroatoms. The molecule has 0 amide bonds. The second-order valence-corrected chi connectivity index (χ2v) is 8.13. The van der Waals surface area contributed by atoms with Crippen molar-refractivity contribution in [2.75, 3.05) is 6.61 Å². The third kappa shape index (κ3) is 21.4. The second kappa shape index (κ2) is 19.8. The quantitative estimate of drug-likeness (QED) is 0.174. The molecule has 0 saturated heterocycles. The molecule has 0 aromatic carbocycles. The minimum Gasteiger partial charge on any atom is -0.465 e. The fourth-order valence-corrected chi connectivity index (χ4v) is 3.15. The summed E-state index contributed by atoms with van der Waals surface area (Å²) >= 11 is 0. The van der Waals surface area contributed by atoms with E-state index in [1.54, 1.807) is 0 Å². The molecule has 0 rings (SSSR count). The lowest BCUT2D eigenvalue weighted by Crippen LogP contribution is -2.09. The van der Waals surface area contributed by atoms with Crippen molar-refractivity contribution in [2.24, 2.45) is 5.92 Å². The molecule has 150 valence electrons. The smallest absolute Gasteiger partial charge is 0.305 e. The van der Waals surface area contributed by atoms with E-state index in [2.05, 4.69) is 20.8 Å². The zero-order valence-electron chi connectivity index (χ0n) is 17.6. The van der Waals surface area contributed by atoms with Crippen LogP contribution in [-0.4, -0.2) is 12.6 Å². The molecule has 0 fully saturated rings. The van der Waals surface area contributed by atoms with Crippen LogP contribution in [0.25, 0.3) is 0 Å². The first kappa shape index (κ1) is 24.5. The van der Waals surface area contributed by atoms with Crippen LogP contribution in [0.3, 0.4) is 0 Å². The van der Waals surface area contributed by atoms with Crippen LogP contribution in [0.15, 0.2) is 0 Å². The summed E-state index contributed by atoms with van der Waals surface area (Å²) in [6, 6.07) is 0. The molecule has 0 aromatic rings. The van der Waals surface area contributed by atoms with Gasteiger partial charge in [-0.3, -0.25) is 4.79 Å². The molecule has 0 aliphatic carbocycles.